The number of aromatic nitrogens is 3. The molecule has 4 heterocycles. The first kappa shape index (κ1) is 18.4. The number of carbonyl (C=O) groups excluding carboxylic acids is 1. The molecule has 2 aromatic heterocycles. The van der Waals surface area contributed by atoms with Crippen molar-refractivity contribution in [3.05, 3.63) is 41.2 Å². The van der Waals surface area contributed by atoms with Crippen LogP contribution in [0.4, 0.5) is 11.5 Å². The number of nitrogens with zero attached hydrogens (tertiary/aromatic N) is 4. The third-order valence-electron chi connectivity index (χ3n) is 5.54. The summed E-state index contributed by atoms with van der Waals surface area (Å²) in [6.45, 7) is 2.66. The molecule has 3 aromatic rings. The van der Waals surface area contributed by atoms with Gasteiger partial charge in [0.2, 0.25) is 0 Å². The maximum atomic E-state index is 12.7. The van der Waals surface area contributed by atoms with E-state index >= 15 is 0 Å². The van der Waals surface area contributed by atoms with Gasteiger partial charge < -0.3 is 20.7 Å². The van der Waals surface area contributed by atoms with Gasteiger partial charge in [-0.25, -0.2) is 15.0 Å². The maximum absolute atomic E-state index is 12.7. The number of anilines is 2. The van der Waals surface area contributed by atoms with Crippen molar-refractivity contribution in [1.82, 2.24) is 20.3 Å². The first-order valence-electron chi connectivity index (χ1n) is 9.81. The van der Waals surface area contributed by atoms with Crippen LogP contribution in [0, 0.1) is 0 Å². The number of nitrogens with two attached hydrogens (primary N) is 1. The number of benzene rings is 1. The van der Waals surface area contributed by atoms with Crippen LogP contribution in [0.2, 0.25) is 0 Å². The molecule has 1 fully saturated rings. The number of carbonyl (C=O) groups is 1. The SMILES string of the molecule is NCC1CN(c2ncnc3sc(C(=O)NC4CCOCC4)nc23)c2ccccc21. The van der Waals surface area contributed by atoms with Crippen LogP contribution >= 0.6 is 11.3 Å². The Labute approximate surface area is 172 Å². The molecule has 29 heavy (non-hydrogen) atoms. The normalized spacial score (nSPS) is 19.5. The number of rotatable bonds is 4. The van der Waals surface area contributed by atoms with Gasteiger partial charge >= 0.3 is 0 Å². The first-order chi connectivity index (χ1) is 14.2. The van der Waals surface area contributed by atoms with E-state index in [1.54, 1.807) is 0 Å². The van der Waals surface area contributed by atoms with Crippen molar-refractivity contribution < 1.29 is 9.53 Å². The molecule has 1 atom stereocenters. The molecule has 5 rings (SSSR count). The third kappa shape index (κ3) is 3.35. The Balaban J connectivity index is 1.48. The van der Waals surface area contributed by atoms with Gasteiger partial charge in [-0.2, -0.15) is 0 Å². The standard InChI is InChI=1S/C20H22N6O2S/c21-9-12-10-26(15-4-2-1-3-14(12)15)17-16-19(23-11-22-17)29-20(25-16)18(27)24-13-5-7-28-8-6-13/h1-4,11-13H,5-10,21H2,(H,24,27). The van der Waals surface area contributed by atoms with E-state index in [1.165, 1.54) is 23.2 Å². The van der Waals surface area contributed by atoms with Gasteiger partial charge in [0, 0.05) is 44.0 Å². The monoisotopic (exact) mass is 410 g/mol. The first-order valence-corrected chi connectivity index (χ1v) is 10.6. The zero-order valence-corrected chi connectivity index (χ0v) is 16.7. The Morgan fingerprint density at radius 3 is 2.93 bits per heavy atom. The second kappa shape index (κ2) is 7.66. The second-order valence-electron chi connectivity index (χ2n) is 7.33. The van der Waals surface area contributed by atoms with Crippen LogP contribution in [-0.2, 0) is 4.74 Å². The fraction of sp³-hybridized carbons (Fsp3) is 0.400. The van der Waals surface area contributed by atoms with Gasteiger partial charge in [0.1, 0.15) is 16.7 Å². The summed E-state index contributed by atoms with van der Waals surface area (Å²) in [4.78, 5) is 29.1. The molecule has 0 saturated carbocycles. The van der Waals surface area contributed by atoms with Crippen molar-refractivity contribution in [1.29, 1.82) is 0 Å². The molecule has 0 bridgehead atoms. The van der Waals surface area contributed by atoms with Crippen molar-refractivity contribution in [3.63, 3.8) is 0 Å². The van der Waals surface area contributed by atoms with Crippen LogP contribution in [0.3, 0.4) is 0 Å². The Bertz CT molecular complexity index is 1050. The summed E-state index contributed by atoms with van der Waals surface area (Å²) in [5, 5.41) is 3.48. The van der Waals surface area contributed by atoms with Crippen molar-refractivity contribution in [2.45, 2.75) is 24.8 Å². The van der Waals surface area contributed by atoms with Crippen molar-refractivity contribution in [2.24, 2.45) is 5.73 Å². The molecule has 3 N–H and O–H groups in total. The molecule has 1 aromatic carbocycles. The lowest BCUT2D eigenvalue weighted by Gasteiger charge is -2.22. The topological polar surface area (TPSA) is 106 Å². The number of thiazole rings is 1. The molecule has 1 unspecified atom stereocenters. The predicted octanol–water partition coefficient (Wildman–Crippen LogP) is 2.19. The predicted molar refractivity (Wildman–Crippen MR) is 112 cm³/mol. The summed E-state index contributed by atoms with van der Waals surface area (Å²) in [7, 11) is 0. The van der Waals surface area contributed by atoms with Crippen molar-refractivity contribution in [3.8, 4) is 0 Å². The van der Waals surface area contributed by atoms with Crippen LogP contribution < -0.4 is 16.0 Å². The van der Waals surface area contributed by atoms with Gasteiger partial charge in [0.05, 0.1) is 0 Å². The Hall–Kier alpha value is -2.62. The average Bonchev–Trinajstić information content (AvgIpc) is 3.36. The van der Waals surface area contributed by atoms with Crippen LogP contribution in [-0.4, -0.2) is 53.2 Å². The van der Waals surface area contributed by atoms with E-state index in [0.717, 1.165) is 30.9 Å². The molecule has 0 radical (unpaired) electrons. The van der Waals surface area contributed by atoms with Crippen LogP contribution in [0.5, 0.6) is 0 Å². The number of hydrogen-bond donors (Lipinski definition) is 2. The van der Waals surface area contributed by atoms with Gasteiger partial charge in [-0.1, -0.05) is 29.5 Å². The minimum atomic E-state index is -0.160. The minimum absolute atomic E-state index is 0.129. The fourth-order valence-corrected chi connectivity index (χ4v) is 4.83. The average molecular weight is 411 g/mol. The summed E-state index contributed by atoms with van der Waals surface area (Å²) in [5.41, 5.74) is 8.96. The quantitative estimate of drug-likeness (QED) is 0.679. The number of amides is 1. The van der Waals surface area contributed by atoms with E-state index in [1.807, 2.05) is 12.1 Å². The lowest BCUT2D eigenvalue weighted by molar-refractivity contribution is 0.0696. The molecule has 0 spiro atoms. The lowest BCUT2D eigenvalue weighted by atomic mass is 10.0. The van der Waals surface area contributed by atoms with Gasteiger partial charge in [-0.05, 0) is 24.5 Å². The molecule has 150 valence electrons. The third-order valence-corrected chi connectivity index (χ3v) is 6.50. The highest BCUT2D eigenvalue weighted by atomic mass is 32.1. The van der Waals surface area contributed by atoms with E-state index in [4.69, 9.17) is 10.5 Å². The Kier molecular flexibility index (Phi) is 4.86. The number of hydrogen-bond acceptors (Lipinski definition) is 8. The zero-order valence-electron chi connectivity index (χ0n) is 15.9. The lowest BCUT2D eigenvalue weighted by Crippen LogP contribution is -2.38. The van der Waals surface area contributed by atoms with Crippen molar-refractivity contribution in [2.75, 3.05) is 31.2 Å². The molecule has 1 saturated heterocycles. The highest BCUT2D eigenvalue weighted by Gasteiger charge is 2.31. The van der Waals surface area contributed by atoms with Crippen LogP contribution in [0.25, 0.3) is 10.3 Å². The van der Waals surface area contributed by atoms with E-state index in [9.17, 15) is 4.79 Å². The summed E-state index contributed by atoms with van der Waals surface area (Å²) in [6, 6.07) is 8.35. The molecule has 2 aliphatic heterocycles. The summed E-state index contributed by atoms with van der Waals surface area (Å²) >= 11 is 1.30. The minimum Gasteiger partial charge on any atom is -0.381 e. The molecular weight excluding hydrogens is 388 g/mol. The summed E-state index contributed by atoms with van der Waals surface area (Å²) in [5.74, 6) is 0.804. The van der Waals surface area contributed by atoms with Gasteiger partial charge in [0.15, 0.2) is 10.8 Å². The zero-order chi connectivity index (χ0) is 19.8. The van der Waals surface area contributed by atoms with Gasteiger partial charge in [-0.3, -0.25) is 4.79 Å². The van der Waals surface area contributed by atoms with Gasteiger partial charge in [0.25, 0.3) is 5.91 Å². The fourth-order valence-electron chi connectivity index (χ4n) is 4.02. The molecule has 2 aliphatic rings. The highest BCUT2D eigenvalue weighted by molar-refractivity contribution is 7.20. The molecule has 9 heteroatoms. The van der Waals surface area contributed by atoms with Crippen LogP contribution in [0.1, 0.15) is 34.1 Å². The number of para-hydroxylation sites is 1. The summed E-state index contributed by atoms with van der Waals surface area (Å²) < 4.78 is 5.36. The second-order valence-corrected chi connectivity index (χ2v) is 8.31. The largest absolute Gasteiger partial charge is 0.381 e. The van der Waals surface area contributed by atoms with E-state index in [0.29, 0.717) is 35.1 Å². The number of ether oxygens (including phenoxy) is 1. The smallest absolute Gasteiger partial charge is 0.280 e. The molecule has 1 amide bonds. The molecular formula is C20H22N6O2S. The Morgan fingerprint density at radius 2 is 2.10 bits per heavy atom. The Morgan fingerprint density at radius 1 is 1.28 bits per heavy atom. The summed E-state index contributed by atoms with van der Waals surface area (Å²) in [6.07, 6.45) is 3.19. The highest BCUT2D eigenvalue weighted by Crippen LogP contribution is 2.41. The van der Waals surface area contributed by atoms with E-state index in [2.05, 4.69) is 37.3 Å². The van der Waals surface area contributed by atoms with E-state index in [-0.39, 0.29) is 17.9 Å². The van der Waals surface area contributed by atoms with Gasteiger partial charge in [-0.15, -0.1) is 0 Å². The van der Waals surface area contributed by atoms with Crippen molar-refractivity contribution >= 4 is 39.1 Å². The maximum Gasteiger partial charge on any atom is 0.280 e. The van der Waals surface area contributed by atoms with Crippen LogP contribution in [0.15, 0.2) is 30.6 Å². The molecule has 8 nitrogen and oxygen atoms in total. The molecule has 0 aliphatic carbocycles. The number of nitrogens with one attached hydrogen (secondary N) is 1. The van der Waals surface area contributed by atoms with E-state index < -0.39 is 0 Å². The number of fused-ring (bicyclic) bond motifs is 2.